The Morgan fingerprint density at radius 2 is 1.94 bits per heavy atom. The van der Waals surface area contributed by atoms with Gasteiger partial charge in [0.25, 0.3) is 0 Å². The first kappa shape index (κ1) is 17.0. The summed E-state index contributed by atoms with van der Waals surface area (Å²) in [5.74, 6) is -0.252. The smallest absolute Gasteiger partial charge is 0.406 e. The van der Waals surface area contributed by atoms with Crippen LogP contribution in [0.1, 0.15) is 24.4 Å². The summed E-state index contributed by atoms with van der Waals surface area (Å²) in [6.45, 7) is 0.506. The van der Waals surface area contributed by atoms with Gasteiger partial charge in [-0.15, -0.1) is 25.6 Å². The van der Waals surface area contributed by atoms with E-state index in [2.05, 4.69) is 4.74 Å². The molecule has 0 aliphatic carbocycles. The zero-order chi connectivity index (χ0) is 12.9. The third-order valence-electron chi connectivity index (χ3n) is 2.24. The van der Waals surface area contributed by atoms with Crippen LogP contribution in [0.3, 0.4) is 0 Å². The minimum absolute atomic E-state index is 0. The molecular weight excluding hydrogens is 269 g/mol. The largest absolute Gasteiger partial charge is 0.573 e. The van der Waals surface area contributed by atoms with E-state index in [-0.39, 0.29) is 24.2 Å². The molecule has 18 heavy (non-hydrogen) atoms. The number of hydrogen-bond donors (Lipinski definition) is 2. The van der Waals surface area contributed by atoms with Crippen LogP contribution in [0.5, 0.6) is 5.75 Å². The van der Waals surface area contributed by atoms with Crippen LogP contribution in [-0.4, -0.2) is 12.9 Å². The van der Waals surface area contributed by atoms with E-state index in [0.29, 0.717) is 18.5 Å². The van der Waals surface area contributed by atoms with E-state index < -0.39 is 6.36 Å². The lowest BCUT2D eigenvalue weighted by molar-refractivity contribution is -0.274. The molecule has 0 unspecified atom stereocenters. The van der Waals surface area contributed by atoms with Crippen molar-refractivity contribution < 1.29 is 17.9 Å². The maximum absolute atomic E-state index is 12.0. The summed E-state index contributed by atoms with van der Waals surface area (Å²) in [5, 5.41) is 0. The fraction of sp³-hybridized carbons (Fsp3) is 0.455. The summed E-state index contributed by atoms with van der Waals surface area (Å²) < 4.78 is 39.8. The maximum atomic E-state index is 12.0. The third kappa shape index (κ3) is 6.09. The number of alkyl halides is 3. The van der Waals surface area contributed by atoms with Gasteiger partial charge in [0.2, 0.25) is 0 Å². The topological polar surface area (TPSA) is 61.3 Å². The van der Waals surface area contributed by atoms with Crippen molar-refractivity contribution in [2.45, 2.75) is 25.2 Å². The molecule has 1 aromatic rings. The second kappa shape index (κ2) is 7.45. The molecular formula is C11H16ClF3N2O. The molecule has 0 radical (unpaired) electrons. The van der Waals surface area contributed by atoms with Crippen LogP contribution >= 0.6 is 12.4 Å². The van der Waals surface area contributed by atoms with Gasteiger partial charge in [0.1, 0.15) is 5.75 Å². The minimum atomic E-state index is -4.68. The highest BCUT2D eigenvalue weighted by Crippen LogP contribution is 2.26. The highest BCUT2D eigenvalue weighted by Gasteiger charge is 2.31. The van der Waals surface area contributed by atoms with Crippen LogP contribution in [0.15, 0.2) is 24.3 Å². The molecule has 7 heteroatoms. The molecule has 104 valence electrons. The maximum Gasteiger partial charge on any atom is 0.573 e. The summed E-state index contributed by atoms with van der Waals surface area (Å²) in [5.41, 5.74) is 11.8. The molecule has 4 N–H and O–H groups in total. The van der Waals surface area contributed by atoms with Gasteiger partial charge >= 0.3 is 6.36 Å². The average Bonchev–Trinajstić information content (AvgIpc) is 2.24. The van der Waals surface area contributed by atoms with Gasteiger partial charge in [-0.25, -0.2) is 0 Å². The van der Waals surface area contributed by atoms with Gasteiger partial charge < -0.3 is 16.2 Å². The Hall–Kier alpha value is -0.980. The molecule has 1 rings (SSSR count). The van der Waals surface area contributed by atoms with Gasteiger partial charge in [-0.3, -0.25) is 0 Å². The van der Waals surface area contributed by atoms with Crippen molar-refractivity contribution in [3.05, 3.63) is 29.8 Å². The molecule has 1 aromatic carbocycles. The Bertz CT molecular complexity index is 360. The van der Waals surface area contributed by atoms with E-state index in [9.17, 15) is 13.2 Å². The van der Waals surface area contributed by atoms with Crippen molar-refractivity contribution in [2.75, 3.05) is 6.54 Å². The van der Waals surface area contributed by atoms with Gasteiger partial charge in [-0.2, -0.15) is 0 Å². The average molecular weight is 285 g/mol. The Labute approximate surface area is 110 Å². The molecule has 3 nitrogen and oxygen atoms in total. The summed E-state index contributed by atoms with van der Waals surface area (Å²) in [6.07, 6.45) is -3.32. The van der Waals surface area contributed by atoms with Crippen LogP contribution in [0.4, 0.5) is 13.2 Å². The van der Waals surface area contributed by atoms with Gasteiger partial charge in [0.15, 0.2) is 0 Å². The first-order valence-corrected chi connectivity index (χ1v) is 5.24. The van der Waals surface area contributed by atoms with Crippen molar-refractivity contribution in [3.63, 3.8) is 0 Å². The second-order valence-corrected chi connectivity index (χ2v) is 3.66. The number of ether oxygens (including phenoxy) is 1. The number of hydrogen-bond acceptors (Lipinski definition) is 3. The zero-order valence-corrected chi connectivity index (χ0v) is 10.4. The van der Waals surface area contributed by atoms with Crippen molar-refractivity contribution in [3.8, 4) is 5.75 Å². The number of benzene rings is 1. The van der Waals surface area contributed by atoms with Gasteiger partial charge in [0.05, 0.1) is 0 Å². The Morgan fingerprint density at radius 3 is 2.50 bits per heavy atom. The molecule has 0 amide bonds. The summed E-state index contributed by atoms with van der Waals surface area (Å²) in [4.78, 5) is 0. The van der Waals surface area contributed by atoms with E-state index in [0.717, 1.165) is 6.42 Å². The van der Waals surface area contributed by atoms with Gasteiger partial charge in [-0.05, 0) is 37.1 Å². The second-order valence-electron chi connectivity index (χ2n) is 3.66. The highest BCUT2D eigenvalue weighted by atomic mass is 35.5. The SMILES string of the molecule is Cl.NCCC[C@H](N)c1cccc(OC(F)(F)F)c1. The summed E-state index contributed by atoms with van der Waals surface area (Å²) >= 11 is 0. The minimum Gasteiger partial charge on any atom is -0.406 e. The first-order chi connectivity index (χ1) is 7.92. The standard InChI is InChI=1S/C11H15F3N2O.ClH/c12-11(13,14)17-9-4-1-3-8(7-9)10(16)5-2-6-15;/h1,3-4,7,10H,2,5-6,15-16H2;1H/t10-;/m0./s1. The fourth-order valence-electron chi connectivity index (χ4n) is 1.45. The lowest BCUT2D eigenvalue weighted by Crippen LogP contribution is -2.18. The molecule has 0 heterocycles. The summed E-state index contributed by atoms with van der Waals surface area (Å²) in [7, 11) is 0. The van der Waals surface area contributed by atoms with E-state index in [4.69, 9.17) is 11.5 Å². The molecule has 0 spiro atoms. The van der Waals surface area contributed by atoms with Crippen molar-refractivity contribution in [1.82, 2.24) is 0 Å². The van der Waals surface area contributed by atoms with E-state index in [1.54, 1.807) is 6.07 Å². The zero-order valence-electron chi connectivity index (χ0n) is 9.61. The monoisotopic (exact) mass is 284 g/mol. The van der Waals surface area contributed by atoms with Crippen LogP contribution in [0.2, 0.25) is 0 Å². The van der Waals surface area contributed by atoms with Gasteiger partial charge in [0, 0.05) is 6.04 Å². The Kier molecular flexibility index (Phi) is 7.05. The Balaban J connectivity index is 0.00000289. The molecule has 0 aromatic heterocycles. The lowest BCUT2D eigenvalue weighted by Gasteiger charge is -2.14. The van der Waals surface area contributed by atoms with Crippen molar-refractivity contribution in [2.24, 2.45) is 11.5 Å². The van der Waals surface area contributed by atoms with Crippen molar-refractivity contribution >= 4 is 12.4 Å². The number of nitrogens with two attached hydrogens (primary N) is 2. The highest BCUT2D eigenvalue weighted by molar-refractivity contribution is 5.85. The molecule has 0 saturated heterocycles. The molecule has 0 saturated carbocycles. The normalized spacial score (nSPS) is 12.7. The lowest BCUT2D eigenvalue weighted by atomic mass is 10.0. The van der Waals surface area contributed by atoms with Crippen LogP contribution in [0.25, 0.3) is 0 Å². The predicted octanol–water partition coefficient (Wildman–Crippen LogP) is 2.75. The molecule has 1 atom stereocenters. The summed E-state index contributed by atoms with van der Waals surface area (Å²) in [6, 6.07) is 5.38. The van der Waals surface area contributed by atoms with Crippen LogP contribution in [0, 0.1) is 0 Å². The van der Waals surface area contributed by atoms with E-state index >= 15 is 0 Å². The molecule has 0 fully saturated rings. The van der Waals surface area contributed by atoms with E-state index in [1.807, 2.05) is 0 Å². The fourth-order valence-corrected chi connectivity index (χ4v) is 1.45. The van der Waals surface area contributed by atoms with E-state index in [1.165, 1.54) is 18.2 Å². The molecule has 0 bridgehead atoms. The number of halogens is 4. The number of rotatable bonds is 5. The van der Waals surface area contributed by atoms with Crippen LogP contribution < -0.4 is 16.2 Å². The van der Waals surface area contributed by atoms with Crippen LogP contribution in [-0.2, 0) is 0 Å². The van der Waals surface area contributed by atoms with Gasteiger partial charge in [-0.1, -0.05) is 12.1 Å². The molecule has 0 aliphatic rings. The first-order valence-electron chi connectivity index (χ1n) is 5.24. The quantitative estimate of drug-likeness (QED) is 0.874. The third-order valence-corrected chi connectivity index (χ3v) is 2.24. The molecule has 0 aliphatic heterocycles. The predicted molar refractivity (Wildman–Crippen MR) is 65.6 cm³/mol. The van der Waals surface area contributed by atoms with Crippen molar-refractivity contribution in [1.29, 1.82) is 0 Å². The Morgan fingerprint density at radius 1 is 1.28 bits per heavy atom.